The van der Waals surface area contributed by atoms with Crippen molar-refractivity contribution in [1.29, 1.82) is 0 Å². The van der Waals surface area contributed by atoms with Gasteiger partial charge in [0.25, 0.3) is 5.56 Å². The monoisotopic (exact) mass is 268 g/mol. The van der Waals surface area contributed by atoms with E-state index in [1.165, 1.54) is 0 Å². The van der Waals surface area contributed by atoms with Crippen molar-refractivity contribution >= 4 is 5.52 Å². The van der Waals surface area contributed by atoms with Gasteiger partial charge in [0.05, 0.1) is 12.2 Å². The Morgan fingerprint density at radius 1 is 1.20 bits per heavy atom. The lowest BCUT2D eigenvalue weighted by Crippen LogP contribution is -2.29. The van der Waals surface area contributed by atoms with Crippen LogP contribution < -0.4 is 10.9 Å². The minimum absolute atomic E-state index is 0.0267. The Balaban J connectivity index is 1.95. The van der Waals surface area contributed by atoms with Crippen molar-refractivity contribution in [1.82, 2.24) is 19.5 Å². The lowest BCUT2D eigenvalue weighted by molar-refractivity contribution is 0.490. The van der Waals surface area contributed by atoms with E-state index < -0.39 is 0 Å². The normalized spacial score (nSPS) is 12.7. The third-order valence-electron chi connectivity index (χ3n) is 3.47. The molecule has 0 bridgehead atoms. The summed E-state index contributed by atoms with van der Waals surface area (Å²) in [7, 11) is 1.90. The number of benzene rings is 1. The summed E-state index contributed by atoms with van der Waals surface area (Å²) in [6.07, 6.45) is 5.21. The van der Waals surface area contributed by atoms with Crippen molar-refractivity contribution in [3.63, 3.8) is 0 Å². The number of hydrogen-bond acceptors (Lipinski definition) is 3. The second kappa shape index (κ2) is 5.30. The van der Waals surface area contributed by atoms with Crippen LogP contribution in [0.2, 0.25) is 0 Å². The zero-order chi connectivity index (χ0) is 13.9. The van der Waals surface area contributed by atoms with E-state index in [-0.39, 0.29) is 11.6 Å². The first-order valence-electron chi connectivity index (χ1n) is 6.54. The van der Waals surface area contributed by atoms with Crippen molar-refractivity contribution in [2.24, 2.45) is 0 Å². The third-order valence-corrected chi connectivity index (χ3v) is 3.47. The van der Waals surface area contributed by atoms with Gasteiger partial charge in [0, 0.05) is 18.9 Å². The van der Waals surface area contributed by atoms with E-state index in [1.54, 1.807) is 33.7 Å². The second-order valence-corrected chi connectivity index (χ2v) is 4.67. The summed E-state index contributed by atoms with van der Waals surface area (Å²) >= 11 is 0. The molecule has 0 spiro atoms. The quantitative estimate of drug-likeness (QED) is 0.779. The molecule has 0 amide bonds. The van der Waals surface area contributed by atoms with Gasteiger partial charge in [-0.3, -0.25) is 4.79 Å². The predicted octanol–water partition coefficient (Wildman–Crippen LogP) is 1.46. The maximum Gasteiger partial charge on any atom is 0.276 e. The number of hydrogen-bond donors (Lipinski definition) is 1. The summed E-state index contributed by atoms with van der Waals surface area (Å²) in [4.78, 5) is 12.3. The molecule has 102 valence electrons. The standard InChI is InChI=1S/C15H16N4O/c1-16-13(12-5-3-2-4-6-12)11-18-9-10-19-14(15(18)20)7-8-17-19/h2-10,13,16H,11H2,1H3. The molecule has 20 heavy (non-hydrogen) atoms. The summed E-state index contributed by atoms with van der Waals surface area (Å²) in [5.74, 6) is 0. The number of nitrogens with zero attached hydrogens (tertiary/aromatic N) is 3. The smallest absolute Gasteiger partial charge is 0.276 e. The van der Waals surface area contributed by atoms with Gasteiger partial charge in [0.2, 0.25) is 0 Å². The third kappa shape index (κ3) is 2.23. The Labute approximate surface area is 116 Å². The highest BCUT2D eigenvalue weighted by Gasteiger charge is 2.11. The first-order valence-corrected chi connectivity index (χ1v) is 6.54. The van der Waals surface area contributed by atoms with Gasteiger partial charge in [-0.1, -0.05) is 30.3 Å². The van der Waals surface area contributed by atoms with Gasteiger partial charge in [-0.25, -0.2) is 4.52 Å². The zero-order valence-corrected chi connectivity index (χ0v) is 11.2. The average Bonchev–Trinajstić information content (AvgIpc) is 2.97. The number of aromatic nitrogens is 3. The fourth-order valence-electron chi connectivity index (χ4n) is 2.35. The van der Waals surface area contributed by atoms with Crippen molar-refractivity contribution < 1.29 is 0 Å². The van der Waals surface area contributed by atoms with Gasteiger partial charge in [-0.2, -0.15) is 5.10 Å². The van der Waals surface area contributed by atoms with E-state index in [2.05, 4.69) is 22.5 Å². The van der Waals surface area contributed by atoms with Crippen molar-refractivity contribution in [2.45, 2.75) is 12.6 Å². The molecule has 2 heterocycles. The molecule has 3 aromatic rings. The van der Waals surface area contributed by atoms with E-state index in [4.69, 9.17) is 0 Å². The predicted molar refractivity (Wildman–Crippen MR) is 77.7 cm³/mol. The maximum atomic E-state index is 12.3. The van der Waals surface area contributed by atoms with Crippen LogP contribution in [0, 0.1) is 0 Å². The highest BCUT2D eigenvalue weighted by atomic mass is 16.1. The molecular weight excluding hydrogens is 252 g/mol. The molecule has 3 rings (SSSR count). The van der Waals surface area contributed by atoms with Crippen LogP contribution in [0.25, 0.3) is 5.52 Å². The second-order valence-electron chi connectivity index (χ2n) is 4.67. The lowest BCUT2D eigenvalue weighted by Gasteiger charge is -2.18. The van der Waals surface area contributed by atoms with Gasteiger partial charge in [-0.05, 0) is 18.7 Å². The van der Waals surface area contributed by atoms with E-state index in [0.29, 0.717) is 12.1 Å². The maximum absolute atomic E-state index is 12.3. The van der Waals surface area contributed by atoms with Crippen LogP contribution in [0.5, 0.6) is 0 Å². The highest BCUT2D eigenvalue weighted by Crippen LogP contribution is 2.13. The molecule has 0 aliphatic rings. The van der Waals surface area contributed by atoms with E-state index in [1.807, 2.05) is 25.2 Å². The molecule has 2 aromatic heterocycles. The van der Waals surface area contributed by atoms with Crippen LogP contribution in [-0.4, -0.2) is 21.2 Å². The number of likely N-dealkylation sites (N-methyl/N-ethyl adjacent to an activating group) is 1. The summed E-state index contributed by atoms with van der Waals surface area (Å²) in [5.41, 5.74) is 1.73. The molecule has 5 nitrogen and oxygen atoms in total. The molecule has 0 saturated heterocycles. The Bertz CT molecular complexity index is 760. The molecule has 0 aliphatic heterocycles. The van der Waals surface area contributed by atoms with Crippen LogP contribution in [0.15, 0.2) is 59.8 Å². The average molecular weight is 268 g/mol. The van der Waals surface area contributed by atoms with Crippen LogP contribution in [0.1, 0.15) is 11.6 Å². The molecule has 0 aliphatic carbocycles. The van der Waals surface area contributed by atoms with Gasteiger partial charge in [0.1, 0.15) is 5.52 Å². The molecule has 1 aromatic carbocycles. The summed E-state index contributed by atoms with van der Waals surface area (Å²) < 4.78 is 3.31. The SMILES string of the molecule is CNC(Cn1ccn2nccc2c1=O)c1ccccc1. The molecule has 1 unspecified atom stereocenters. The zero-order valence-electron chi connectivity index (χ0n) is 11.2. The van der Waals surface area contributed by atoms with Crippen LogP contribution >= 0.6 is 0 Å². The minimum Gasteiger partial charge on any atom is -0.312 e. The van der Waals surface area contributed by atoms with Crippen LogP contribution in [-0.2, 0) is 6.54 Å². The number of nitrogens with one attached hydrogen (secondary N) is 1. The Morgan fingerprint density at radius 3 is 2.75 bits per heavy atom. The Hall–Kier alpha value is -2.40. The van der Waals surface area contributed by atoms with Gasteiger partial charge in [-0.15, -0.1) is 0 Å². The fourth-order valence-corrected chi connectivity index (χ4v) is 2.35. The Kier molecular flexibility index (Phi) is 3.35. The van der Waals surface area contributed by atoms with Gasteiger partial charge < -0.3 is 9.88 Å². The molecule has 1 N–H and O–H groups in total. The van der Waals surface area contributed by atoms with Crippen LogP contribution in [0.4, 0.5) is 0 Å². The highest BCUT2D eigenvalue weighted by molar-refractivity contribution is 5.42. The Morgan fingerprint density at radius 2 is 2.00 bits per heavy atom. The summed E-state index contributed by atoms with van der Waals surface area (Å²) in [6, 6.07) is 11.9. The van der Waals surface area contributed by atoms with Crippen molar-refractivity contribution in [2.75, 3.05) is 7.05 Å². The first-order chi connectivity index (χ1) is 9.79. The fraction of sp³-hybridized carbons (Fsp3) is 0.200. The minimum atomic E-state index is -0.0267. The molecule has 0 radical (unpaired) electrons. The lowest BCUT2D eigenvalue weighted by atomic mass is 10.1. The number of fused-ring (bicyclic) bond motifs is 1. The summed E-state index contributed by atoms with van der Waals surface area (Å²) in [5, 5.41) is 7.32. The first kappa shape index (κ1) is 12.6. The van der Waals surface area contributed by atoms with Gasteiger partial charge >= 0.3 is 0 Å². The van der Waals surface area contributed by atoms with Crippen LogP contribution in [0.3, 0.4) is 0 Å². The summed E-state index contributed by atoms with van der Waals surface area (Å²) in [6.45, 7) is 0.584. The van der Waals surface area contributed by atoms with Gasteiger partial charge in [0.15, 0.2) is 0 Å². The topological polar surface area (TPSA) is 51.3 Å². The van der Waals surface area contributed by atoms with Crippen molar-refractivity contribution in [3.05, 3.63) is 70.9 Å². The molecular formula is C15H16N4O. The van der Waals surface area contributed by atoms with E-state index in [0.717, 1.165) is 5.56 Å². The van der Waals surface area contributed by atoms with E-state index in [9.17, 15) is 4.79 Å². The molecule has 5 heteroatoms. The molecule has 0 saturated carbocycles. The largest absolute Gasteiger partial charge is 0.312 e. The van der Waals surface area contributed by atoms with Crippen molar-refractivity contribution in [3.8, 4) is 0 Å². The molecule has 0 fully saturated rings. The molecule has 1 atom stereocenters. The number of rotatable bonds is 4. The van der Waals surface area contributed by atoms with E-state index >= 15 is 0 Å².